The smallest absolute Gasteiger partial charge is 0.233 e. The van der Waals surface area contributed by atoms with Gasteiger partial charge in [-0.15, -0.1) is 5.10 Å². The summed E-state index contributed by atoms with van der Waals surface area (Å²) in [4.78, 5) is 2.06. The van der Waals surface area contributed by atoms with Gasteiger partial charge in [-0.25, -0.2) is 0 Å². The Morgan fingerprint density at radius 1 is 1.18 bits per heavy atom. The first-order valence-corrected chi connectivity index (χ1v) is 7.39. The first kappa shape index (κ1) is 16.4. The molecule has 118 valence electrons. The summed E-state index contributed by atoms with van der Waals surface area (Å²) in [5.41, 5.74) is 3.13. The highest BCUT2D eigenvalue weighted by atomic mass is 16.5. The number of benzene rings is 1. The van der Waals surface area contributed by atoms with Crippen LogP contribution in [0.15, 0.2) is 36.4 Å². The summed E-state index contributed by atoms with van der Waals surface area (Å²) >= 11 is 0. The second kappa shape index (κ2) is 7.87. The molecule has 1 heterocycles. The summed E-state index contributed by atoms with van der Waals surface area (Å²) in [6.07, 6.45) is -0.572. The fourth-order valence-electron chi connectivity index (χ4n) is 2.15. The fourth-order valence-corrected chi connectivity index (χ4v) is 2.15. The highest BCUT2D eigenvalue weighted by molar-refractivity contribution is 5.21. The van der Waals surface area contributed by atoms with Gasteiger partial charge < -0.3 is 9.84 Å². The molecular formula is C17H23N3O2. The maximum atomic E-state index is 10.1. The predicted molar refractivity (Wildman–Crippen MR) is 85.8 cm³/mol. The highest BCUT2D eigenvalue weighted by Gasteiger charge is 2.10. The Bertz CT molecular complexity index is 590. The Balaban J connectivity index is 1.77. The van der Waals surface area contributed by atoms with Crippen molar-refractivity contribution in [2.45, 2.75) is 26.5 Å². The lowest BCUT2D eigenvalue weighted by Gasteiger charge is -2.20. The topological polar surface area (TPSA) is 58.5 Å². The molecule has 1 atom stereocenters. The van der Waals surface area contributed by atoms with E-state index in [4.69, 9.17) is 4.74 Å². The first-order valence-electron chi connectivity index (χ1n) is 7.39. The lowest BCUT2D eigenvalue weighted by molar-refractivity contribution is 0.0721. The zero-order valence-electron chi connectivity index (χ0n) is 13.4. The van der Waals surface area contributed by atoms with Gasteiger partial charge in [0.1, 0.15) is 12.7 Å². The van der Waals surface area contributed by atoms with E-state index in [0.717, 1.165) is 17.8 Å². The van der Waals surface area contributed by atoms with E-state index in [1.54, 1.807) is 0 Å². The van der Waals surface area contributed by atoms with E-state index in [1.165, 1.54) is 5.56 Å². The number of aliphatic hydroxyl groups is 1. The average Bonchev–Trinajstić information content (AvgIpc) is 2.49. The van der Waals surface area contributed by atoms with Crippen LogP contribution in [0.1, 0.15) is 16.8 Å². The van der Waals surface area contributed by atoms with Crippen LogP contribution in [0, 0.1) is 13.8 Å². The van der Waals surface area contributed by atoms with Crippen LogP contribution in [0.3, 0.4) is 0 Å². The molecule has 0 spiro atoms. The molecule has 2 aromatic rings. The van der Waals surface area contributed by atoms with Crippen molar-refractivity contribution in [2.75, 3.05) is 20.2 Å². The highest BCUT2D eigenvalue weighted by Crippen LogP contribution is 2.10. The number of aromatic nitrogens is 2. The fraction of sp³-hybridized carbons (Fsp3) is 0.412. The number of hydrogen-bond acceptors (Lipinski definition) is 5. The summed E-state index contributed by atoms with van der Waals surface area (Å²) in [5, 5.41) is 18.0. The third-order valence-corrected chi connectivity index (χ3v) is 3.45. The van der Waals surface area contributed by atoms with Gasteiger partial charge in [0.15, 0.2) is 0 Å². The number of nitrogens with zero attached hydrogens (tertiary/aromatic N) is 3. The number of likely N-dealkylation sites (N-methyl/N-ethyl adjacent to an activating group) is 1. The number of rotatable bonds is 7. The van der Waals surface area contributed by atoms with E-state index in [1.807, 2.05) is 45.2 Å². The molecule has 0 radical (unpaired) electrons. The van der Waals surface area contributed by atoms with Crippen LogP contribution in [0.25, 0.3) is 0 Å². The van der Waals surface area contributed by atoms with Gasteiger partial charge >= 0.3 is 0 Å². The summed E-state index contributed by atoms with van der Waals surface area (Å²) in [6.45, 7) is 5.39. The molecule has 22 heavy (non-hydrogen) atoms. The van der Waals surface area contributed by atoms with Crippen molar-refractivity contribution >= 4 is 0 Å². The zero-order chi connectivity index (χ0) is 15.9. The Kier molecular flexibility index (Phi) is 5.86. The molecule has 0 aliphatic carbocycles. The van der Waals surface area contributed by atoms with Crippen LogP contribution in [-0.2, 0) is 6.54 Å². The molecular weight excluding hydrogens is 278 g/mol. The molecule has 5 nitrogen and oxygen atoms in total. The molecule has 1 N–H and O–H groups in total. The molecule has 0 bridgehead atoms. The van der Waals surface area contributed by atoms with Crippen molar-refractivity contribution in [3.8, 4) is 5.88 Å². The standard InChI is InChI=1S/C17H23N3O2/c1-13-9-17(19-18-14(13)2)22-12-16(21)11-20(3)10-15-7-5-4-6-8-15/h4-9,16,21H,10-12H2,1-3H3/t16-/m1/s1. The summed E-state index contributed by atoms with van der Waals surface area (Å²) in [6, 6.07) is 12.0. The lowest BCUT2D eigenvalue weighted by atomic mass is 10.2. The number of aryl methyl sites for hydroxylation is 2. The number of hydrogen-bond donors (Lipinski definition) is 1. The van der Waals surface area contributed by atoms with E-state index in [2.05, 4.69) is 27.2 Å². The van der Waals surface area contributed by atoms with E-state index in [0.29, 0.717) is 12.4 Å². The summed E-state index contributed by atoms with van der Waals surface area (Å²) in [5.74, 6) is 0.452. The second-order valence-corrected chi connectivity index (χ2v) is 5.60. The van der Waals surface area contributed by atoms with E-state index < -0.39 is 6.10 Å². The molecule has 0 saturated heterocycles. The molecule has 0 amide bonds. The van der Waals surface area contributed by atoms with Crippen LogP contribution >= 0.6 is 0 Å². The third-order valence-electron chi connectivity index (χ3n) is 3.45. The van der Waals surface area contributed by atoms with E-state index in [-0.39, 0.29) is 6.61 Å². The van der Waals surface area contributed by atoms with Gasteiger partial charge in [-0.3, -0.25) is 4.90 Å². The van der Waals surface area contributed by atoms with Gasteiger partial charge in [0.2, 0.25) is 5.88 Å². The summed E-state index contributed by atoms with van der Waals surface area (Å²) in [7, 11) is 1.98. The minimum absolute atomic E-state index is 0.205. The van der Waals surface area contributed by atoms with Crippen LogP contribution < -0.4 is 4.74 Å². The van der Waals surface area contributed by atoms with Gasteiger partial charge in [-0.05, 0) is 32.0 Å². The average molecular weight is 301 g/mol. The van der Waals surface area contributed by atoms with Gasteiger partial charge in [0.25, 0.3) is 0 Å². The normalized spacial score (nSPS) is 12.4. The maximum absolute atomic E-state index is 10.1. The number of ether oxygens (including phenoxy) is 1. The molecule has 1 aromatic heterocycles. The van der Waals surface area contributed by atoms with Gasteiger partial charge in [-0.2, -0.15) is 5.10 Å². The molecule has 2 rings (SSSR count). The van der Waals surface area contributed by atoms with Crippen molar-refractivity contribution in [1.29, 1.82) is 0 Å². The second-order valence-electron chi connectivity index (χ2n) is 5.60. The Morgan fingerprint density at radius 3 is 2.59 bits per heavy atom. The van der Waals surface area contributed by atoms with Crippen molar-refractivity contribution in [3.63, 3.8) is 0 Å². The number of aliphatic hydroxyl groups excluding tert-OH is 1. The van der Waals surface area contributed by atoms with Crippen LogP contribution in [-0.4, -0.2) is 46.5 Å². The molecule has 0 aliphatic rings. The molecule has 0 fully saturated rings. The van der Waals surface area contributed by atoms with Crippen molar-refractivity contribution < 1.29 is 9.84 Å². The zero-order valence-corrected chi connectivity index (χ0v) is 13.4. The monoisotopic (exact) mass is 301 g/mol. The molecule has 1 aromatic carbocycles. The largest absolute Gasteiger partial charge is 0.474 e. The Labute approximate surface area is 131 Å². The van der Waals surface area contributed by atoms with Crippen LogP contribution in [0.2, 0.25) is 0 Å². The first-order chi connectivity index (χ1) is 10.5. The van der Waals surface area contributed by atoms with E-state index in [9.17, 15) is 5.11 Å². The Morgan fingerprint density at radius 2 is 1.91 bits per heavy atom. The molecule has 0 saturated carbocycles. The maximum Gasteiger partial charge on any atom is 0.233 e. The quantitative estimate of drug-likeness (QED) is 0.847. The lowest BCUT2D eigenvalue weighted by Crippen LogP contribution is -2.32. The molecule has 5 heteroatoms. The summed E-state index contributed by atoms with van der Waals surface area (Å²) < 4.78 is 5.50. The van der Waals surface area contributed by atoms with Crippen LogP contribution in [0.5, 0.6) is 5.88 Å². The molecule has 0 aliphatic heterocycles. The molecule has 0 unspecified atom stereocenters. The van der Waals surface area contributed by atoms with Crippen molar-refractivity contribution in [1.82, 2.24) is 15.1 Å². The van der Waals surface area contributed by atoms with Crippen LogP contribution in [0.4, 0.5) is 0 Å². The van der Waals surface area contributed by atoms with Gasteiger partial charge in [-0.1, -0.05) is 30.3 Å². The van der Waals surface area contributed by atoms with Gasteiger partial charge in [0.05, 0.1) is 5.69 Å². The third kappa shape index (κ3) is 5.09. The van der Waals surface area contributed by atoms with Gasteiger partial charge in [0, 0.05) is 19.2 Å². The Hall–Kier alpha value is -1.98. The van der Waals surface area contributed by atoms with E-state index >= 15 is 0 Å². The minimum atomic E-state index is -0.572. The van der Waals surface area contributed by atoms with Crippen molar-refractivity contribution in [2.24, 2.45) is 0 Å². The van der Waals surface area contributed by atoms with Crippen molar-refractivity contribution in [3.05, 3.63) is 53.2 Å². The SMILES string of the molecule is Cc1cc(OC[C@H](O)CN(C)Cc2ccccc2)nnc1C. The predicted octanol–water partition coefficient (Wildman–Crippen LogP) is 1.97. The minimum Gasteiger partial charge on any atom is -0.474 e.